The molecule has 5 heteroatoms. The van der Waals surface area contributed by atoms with Gasteiger partial charge in [0.1, 0.15) is 6.54 Å². The van der Waals surface area contributed by atoms with Gasteiger partial charge >= 0.3 is 5.97 Å². The van der Waals surface area contributed by atoms with E-state index in [-0.39, 0.29) is 23.7 Å². The zero-order valence-corrected chi connectivity index (χ0v) is 14.2. The molecule has 5 rings (SSSR count). The molecule has 5 nitrogen and oxygen atoms in total. The number of hydrogen-bond donors (Lipinski definition) is 1. The zero-order valence-electron chi connectivity index (χ0n) is 14.2. The van der Waals surface area contributed by atoms with Crippen molar-refractivity contribution in [2.75, 3.05) is 6.54 Å². The quantitative estimate of drug-likeness (QED) is 0.802. The Morgan fingerprint density at radius 2 is 1.67 bits per heavy atom. The molecule has 132 valence electrons. The third kappa shape index (κ3) is 2.98. The molecule has 0 aromatic heterocycles. The first kappa shape index (κ1) is 16.1. The summed E-state index contributed by atoms with van der Waals surface area (Å²) in [5.74, 6) is 1.68. The number of hydrogen-bond acceptors (Lipinski definition) is 4. The van der Waals surface area contributed by atoms with Gasteiger partial charge in [-0.25, -0.2) is 0 Å². The zero-order chi connectivity index (χ0) is 16.7. The first-order valence-corrected chi connectivity index (χ1v) is 9.54. The molecule has 0 spiro atoms. The van der Waals surface area contributed by atoms with Crippen molar-refractivity contribution >= 4 is 17.7 Å². The number of carbonyl (C=O) groups is 3. The van der Waals surface area contributed by atoms with Crippen LogP contribution in [0.3, 0.4) is 0 Å². The van der Waals surface area contributed by atoms with Gasteiger partial charge in [-0.05, 0) is 75.5 Å². The molecule has 0 aliphatic heterocycles. The van der Waals surface area contributed by atoms with Crippen LogP contribution in [0.5, 0.6) is 0 Å². The number of esters is 1. The molecule has 4 bridgehead atoms. The van der Waals surface area contributed by atoms with Crippen LogP contribution in [-0.4, -0.2) is 30.3 Å². The molecule has 0 aromatic carbocycles. The second kappa shape index (κ2) is 6.16. The fraction of sp³-hybridized carbons (Fsp3) is 0.842. The van der Waals surface area contributed by atoms with Gasteiger partial charge in [0.05, 0.1) is 0 Å². The van der Waals surface area contributed by atoms with Crippen molar-refractivity contribution in [3.8, 4) is 0 Å². The van der Waals surface area contributed by atoms with E-state index in [9.17, 15) is 14.4 Å². The predicted molar refractivity (Wildman–Crippen MR) is 87.0 cm³/mol. The third-order valence-electron chi connectivity index (χ3n) is 6.69. The van der Waals surface area contributed by atoms with Crippen LogP contribution in [0.25, 0.3) is 0 Å². The van der Waals surface area contributed by atoms with E-state index in [1.807, 2.05) is 0 Å². The van der Waals surface area contributed by atoms with Crippen molar-refractivity contribution in [3.63, 3.8) is 0 Å². The molecular formula is C19H27NO4. The maximum Gasteiger partial charge on any atom is 0.326 e. The number of carbonyl (C=O) groups excluding carboxylic acids is 3. The number of ketones is 1. The van der Waals surface area contributed by atoms with Gasteiger partial charge in [0, 0.05) is 11.8 Å². The Hall–Kier alpha value is -1.39. The smallest absolute Gasteiger partial charge is 0.326 e. The van der Waals surface area contributed by atoms with Gasteiger partial charge in [0.2, 0.25) is 5.91 Å². The maximum absolute atomic E-state index is 12.8. The van der Waals surface area contributed by atoms with Crippen LogP contribution in [-0.2, 0) is 19.1 Å². The maximum atomic E-state index is 12.8. The summed E-state index contributed by atoms with van der Waals surface area (Å²) in [6, 6.07) is 0. The standard InChI is InChI=1S/C19H27NO4/c21-15-3-1-2-4-16(15)24-17(22)11-20-18(23)19-8-12-5-13(9-19)7-14(6-12)10-19/h12-14,16H,1-11H2,(H,20,23)/t12?,13?,14?,16-,19?/m1/s1. The second-order valence-electron chi connectivity index (χ2n) is 8.57. The Kier molecular flexibility index (Phi) is 4.13. The van der Waals surface area contributed by atoms with Gasteiger partial charge in [-0.2, -0.15) is 0 Å². The summed E-state index contributed by atoms with van der Waals surface area (Å²) in [7, 11) is 0. The second-order valence-corrected chi connectivity index (χ2v) is 8.57. The van der Waals surface area contributed by atoms with Gasteiger partial charge in [-0.3, -0.25) is 14.4 Å². The molecule has 5 aliphatic carbocycles. The topological polar surface area (TPSA) is 72.5 Å². The molecule has 0 heterocycles. The molecule has 24 heavy (non-hydrogen) atoms. The van der Waals surface area contributed by atoms with Gasteiger partial charge in [-0.15, -0.1) is 0 Å². The summed E-state index contributed by atoms with van der Waals surface area (Å²) >= 11 is 0. The summed E-state index contributed by atoms with van der Waals surface area (Å²) < 4.78 is 5.27. The molecule has 0 aromatic rings. The van der Waals surface area contributed by atoms with E-state index in [0.717, 1.165) is 32.1 Å². The van der Waals surface area contributed by atoms with Crippen LogP contribution in [0, 0.1) is 23.2 Å². The van der Waals surface area contributed by atoms with Gasteiger partial charge < -0.3 is 10.1 Å². The van der Waals surface area contributed by atoms with Crippen LogP contribution in [0.2, 0.25) is 0 Å². The third-order valence-corrected chi connectivity index (χ3v) is 6.69. The van der Waals surface area contributed by atoms with Crippen LogP contribution >= 0.6 is 0 Å². The minimum Gasteiger partial charge on any atom is -0.453 e. The van der Waals surface area contributed by atoms with Crippen molar-refractivity contribution in [1.29, 1.82) is 0 Å². The number of ether oxygens (including phenoxy) is 1. The lowest BCUT2D eigenvalue weighted by molar-refractivity contribution is -0.158. The average Bonchev–Trinajstić information content (AvgIpc) is 2.53. The molecule has 1 amide bonds. The highest BCUT2D eigenvalue weighted by atomic mass is 16.5. The Balaban J connectivity index is 1.30. The van der Waals surface area contributed by atoms with Crippen molar-refractivity contribution in [2.24, 2.45) is 23.2 Å². The Morgan fingerprint density at radius 3 is 2.25 bits per heavy atom. The Morgan fingerprint density at radius 1 is 1.04 bits per heavy atom. The fourth-order valence-electron chi connectivity index (χ4n) is 6.00. The van der Waals surface area contributed by atoms with Crippen molar-refractivity contribution < 1.29 is 19.1 Å². The lowest BCUT2D eigenvalue weighted by Gasteiger charge is -2.55. The number of Topliss-reactive ketones (excluding diaryl/α,β-unsaturated/α-hetero) is 1. The van der Waals surface area contributed by atoms with Crippen LogP contribution in [0.1, 0.15) is 64.2 Å². The average molecular weight is 333 g/mol. The van der Waals surface area contributed by atoms with E-state index in [1.54, 1.807) is 0 Å². The van der Waals surface area contributed by atoms with Gasteiger partial charge in [-0.1, -0.05) is 0 Å². The molecule has 1 atom stereocenters. The molecule has 5 aliphatic rings. The highest BCUT2D eigenvalue weighted by molar-refractivity contribution is 5.89. The molecule has 1 N–H and O–H groups in total. The van der Waals surface area contributed by atoms with Crippen LogP contribution in [0.15, 0.2) is 0 Å². The number of rotatable bonds is 4. The molecule has 0 radical (unpaired) electrons. The predicted octanol–water partition coefficient (Wildman–Crippen LogP) is 2.37. The Bertz CT molecular complexity index is 520. The van der Waals surface area contributed by atoms with E-state index in [4.69, 9.17) is 4.74 Å². The normalized spacial score (nSPS) is 40.4. The van der Waals surface area contributed by atoms with Gasteiger partial charge in [0.15, 0.2) is 11.9 Å². The molecule has 5 fully saturated rings. The summed E-state index contributed by atoms with van der Waals surface area (Å²) in [5, 5.41) is 2.82. The highest BCUT2D eigenvalue weighted by Crippen LogP contribution is 2.60. The van der Waals surface area contributed by atoms with Crippen LogP contribution < -0.4 is 5.32 Å². The summed E-state index contributed by atoms with van der Waals surface area (Å²) in [6.45, 7) is -0.107. The number of nitrogens with one attached hydrogen (secondary N) is 1. The largest absolute Gasteiger partial charge is 0.453 e. The molecular weight excluding hydrogens is 306 g/mol. The van der Waals surface area contributed by atoms with E-state index >= 15 is 0 Å². The van der Waals surface area contributed by atoms with E-state index in [2.05, 4.69) is 5.32 Å². The van der Waals surface area contributed by atoms with Gasteiger partial charge in [0.25, 0.3) is 0 Å². The lowest BCUT2D eigenvalue weighted by Crippen LogP contribution is -2.54. The van der Waals surface area contributed by atoms with Crippen molar-refractivity contribution in [1.82, 2.24) is 5.32 Å². The Labute approximate surface area is 142 Å². The van der Waals surface area contributed by atoms with Crippen molar-refractivity contribution in [3.05, 3.63) is 0 Å². The van der Waals surface area contributed by atoms with E-state index in [1.165, 1.54) is 19.3 Å². The molecule has 0 unspecified atom stereocenters. The lowest BCUT2D eigenvalue weighted by atomic mass is 9.49. The number of amides is 1. The minimum atomic E-state index is -0.595. The van der Waals surface area contributed by atoms with E-state index in [0.29, 0.717) is 30.6 Å². The van der Waals surface area contributed by atoms with Crippen LogP contribution in [0.4, 0.5) is 0 Å². The summed E-state index contributed by atoms with van der Waals surface area (Å²) in [5.41, 5.74) is -0.240. The minimum absolute atomic E-state index is 0.0158. The van der Waals surface area contributed by atoms with Crippen molar-refractivity contribution in [2.45, 2.75) is 70.3 Å². The SMILES string of the molecule is O=C(CNC(=O)C12CC3CC(CC(C3)C1)C2)O[C@@H]1CCCCC1=O. The fourth-order valence-corrected chi connectivity index (χ4v) is 6.00. The highest BCUT2D eigenvalue weighted by Gasteiger charge is 2.54. The monoisotopic (exact) mass is 333 g/mol. The molecule has 5 saturated carbocycles. The first-order chi connectivity index (χ1) is 11.5. The van der Waals surface area contributed by atoms with E-state index < -0.39 is 12.1 Å². The first-order valence-electron chi connectivity index (χ1n) is 9.54. The molecule has 0 saturated heterocycles. The summed E-state index contributed by atoms with van der Waals surface area (Å²) in [4.78, 5) is 36.5. The summed E-state index contributed by atoms with van der Waals surface area (Å²) in [6.07, 6.45) is 9.16.